The maximum absolute atomic E-state index is 5.70. The highest BCUT2D eigenvalue weighted by molar-refractivity contribution is 5.42. The molecule has 0 aliphatic carbocycles. The molecule has 4 heteroatoms. The SMILES string of the molecule is COc1ccc(Cc2n[nH]c(N)c2C)cc1. The van der Waals surface area contributed by atoms with Crippen molar-refractivity contribution in [3.05, 3.63) is 41.1 Å². The molecule has 0 radical (unpaired) electrons. The van der Waals surface area contributed by atoms with Crippen molar-refractivity contribution >= 4 is 5.82 Å². The lowest BCUT2D eigenvalue weighted by atomic mass is 10.1. The van der Waals surface area contributed by atoms with E-state index in [0.29, 0.717) is 5.82 Å². The maximum atomic E-state index is 5.70. The van der Waals surface area contributed by atoms with Crippen molar-refractivity contribution in [1.82, 2.24) is 10.2 Å². The molecule has 16 heavy (non-hydrogen) atoms. The summed E-state index contributed by atoms with van der Waals surface area (Å²) in [6.45, 7) is 1.97. The highest BCUT2D eigenvalue weighted by Crippen LogP contribution is 2.17. The number of benzene rings is 1. The van der Waals surface area contributed by atoms with Gasteiger partial charge in [-0.1, -0.05) is 12.1 Å². The number of aromatic amines is 1. The first-order valence-corrected chi connectivity index (χ1v) is 5.13. The minimum Gasteiger partial charge on any atom is -0.497 e. The molecule has 0 spiro atoms. The number of hydrogen-bond acceptors (Lipinski definition) is 3. The Morgan fingerprint density at radius 2 is 2.00 bits per heavy atom. The van der Waals surface area contributed by atoms with Crippen LogP contribution in [0.3, 0.4) is 0 Å². The Kier molecular flexibility index (Phi) is 2.81. The molecule has 0 fully saturated rings. The van der Waals surface area contributed by atoms with E-state index in [0.717, 1.165) is 23.4 Å². The predicted octanol–water partition coefficient (Wildman–Crippen LogP) is 1.90. The molecule has 2 rings (SSSR count). The molecule has 0 saturated carbocycles. The van der Waals surface area contributed by atoms with Gasteiger partial charge in [-0.05, 0) is 24.6 Å². The summed E-state index contributed by atoms with van der Waals surface area (Å²) in [6, 6.07) is 7.95. The summed E-state index contributed by atoms with van der Waals surface area (Å²) in [4.78, 5) is 0. The van der Waals surface area contributed by atoms with Gasteiger partial charge in [-0.25, -0.2) is 0 Å². The highest BCUT2D eigenvalue weighted by atomic mass is 16.5. The Bertz CT molecular complexity index is 474. The number of nitrogens with one attached hydrogen (secondary N) is 1. The molecule has 84 valence electrons. The summed E-state index contributed by atoms with van der Waals surface area (Å²) >= 11 is 0. The molecular weight excluding hydrogens is 202 g/mol. The van der Waals surface area contributed by atoms with E-state index in [9.17, 15) is 0 Å². The molecular formula is C12H15N3O. The molecule has 1 aromatic carbocycles. The normalized spacial score (nSPS) is 10.4. The van der Waals surface area contributed by atoms with Crippen LogP contribution in [0.25, 0.3) is 0 Å². The Morgan fingerprint density at radius 1 is 1.31 bits per heavy atom. The third kappa shape index (κ3) is 2.00. The first-order valence-electron chi connectivity index (χ1n) is 5.13. The Morgan fingerprint density at radius 3 is 2.50 bits per heavy atom. The van der Waals surface area contributed by atoms with E-state index < -0.39 is 0 Å². The van der Waals surface area contributed by atoms with Gasteiger partial charge in [-0.2, -0.15) is 5.10 Å². The standard InChI is InChI=1S/C12H15N3O/c1-8-11(14-15-12(8)13)7-9-3-5-10(16-2)6-4-9/h3-6H,7H2,1-2H3,(H3,13,14,15). The topological polar surface area (TPSA) is 63.9 Å². The van der Waals surface area contributed by atoms with Crippen molar-refractivity contribution in [2.45, 2.75) is 13.3 Å². The molecule has 0 amide bonds. The van der Waals surface area contributed by atoms with Crippen LogP contribution in [0.5, 0.6) is 5.75 Å². The third-order valence-corrected chi connectivity index (χ3v) is 2.68. The molecule has 1 aromatic heterocycles. The number of nitrogens with zero attached hydrogens (tertiary/aromatic N) is 1. The molecule has 0 unspecified atom stereocenters. The second-order valence-corrected chi connectivity index (χ2v) is 3.73. The number of ether oxygens (including phenoxy) is 1. The first kappa shape index (κ1) is 10.5. The van der Waals surface area contributed by atoms with Crippen LogP contribution in [0.1, 0.15) is 16.8 Å². The smallest absolute Gasteiger partial charge is 0.122 e. The van der Waals surface area contributed by atoms with Crippen LogP contribution < -0.4 is 10.5 Å². The molecule has 4 nitrogen and oxygen atoms in total. The van der Waals surface area contributed by atoms with Gasteiger partial charge in [0.15, 0.2) is 0 Å². The highest BCUT2D eigenvalue weighted by Gasteiger charge is 2.06. The molecule has 0 atom stereocenters. The lowest BCUT2D eigenvalue weighted by molar-refractivity contribution is 0.414. The van der Waals surface area contributed by atoms with Gasteiger partial charge in [0.05, 0.1) is 12.8 Å². The average Bonchev–Trinajstić information content (AvgIpc) is 2.62. The largest absolute Gasteiger partial charge is 0.497 e. The van der Waals surface area contributed by atoms with Crippen LogP contribution in [0.2, 0.25) is 0 Å². The second-order valence-electron chi connectivity index (χ2n) is 3.73. The van der Waals surface area contributed by atoms with Gasteiger partial charge in [0.25, 0.3) is 0 Å². The fourth-order valence-electron chi connectivity index (χ4n) is 1.56. The van der Waals surface area contributed by atoms with Crippen LogP contribution in [-0.4, -0.2) is 17.3 Å². The zero-order valence-electron chi connectivity index (χ0n) is 9.45. The van der Waals surface area contributed by atoms with Crippen LogP contribution in [0.15, 0.2) is 24.3 Å². The average molecular weight is 217 g/mol. The number of hydrogen-bond donors (Lipinski definition) is 2. The van der Waals surface area contributed by atoms with Crippen molar-refractivity contribution in [3.63, 3.8) is 0 Å². The minimum absolute atomic E-state index is 0.642. The molecule has 0 aliphatic rings. The number of methoxy groups -OCH3 is 1. The van der Waals surface area contributed by atoms with E-state index in [1.807, 2.05) is 31.2 Å². The second kappa shape index (κ2) is 4.26. The monoisotopic (exact) mass is 217 g/mol. The van der Waals surface area contributed by atoms with Crippen molar-refractivity contribution in [2.24, 2.45) is 0 Å². The minimum atomic E-state index is 0.642. The van der Waals surface area contributed by atoms with E-state index in [-0.39, 0.29) is 0 Å². The molecule has 0 aliphatic heterocycles. The summed E-state index contributed by atoms with van der Waals surface area (Å²) in [5.41, 5.74) is 8.90. The lowest BCUT2D eigenvalue weighted by Crippen LogP contribution is -1.92. The van der Waals surface area contributed by atoms with Gasteiger partial charge in [0, 0.05) is 12.0 Å². The fourth-order valence-corrected chi connectivity index (χ4v) is 1.56. The first-order chi connectivity index (χ1) is 7.70. The number of nitrogen functional groups attached to an aromatic ring is 1. The number of anilines is 1. The van der Waals surface area contributed by atoms with E-state index in [4.69, 9.17) is 10.5 Å². The maximum Gasteiger partial charge on any atom is 0.122 e. The zero-order valence-corrected chi connectivity index (χ0v) is 9.45. The summed E-state index contributed by atoms with van der Waals surface area (Å²) in [6.07, 6.45) is 0.781. The van der Waals surface area contributed by atoms with E-state index >= 15 is 0 Å². The van der Waals surface area contributed by atoms with Crippen LogP contribution in [0, 0.1) is 6.92 Å². The van der Waals surface area contributed by atoms with Crippen molar-refractivity contribution in [3.8, 4) is 5.75 Å². The van der Waals surface area contributed by atoms with Crippen molar-refractivity contribution < 1.29 is 4.74 Å². The molecule has 3 N–H and O–H groups in total. The molecule has 0 bridgehead atoms. The zero-order chi connectivity index (χ0) is 11.5. The third-order valence-electron chi connectivity index (χ3n) is 2.68. The number of nitrogens with two attached hydrogens (primary N) is 1. The van der Waals surface area contributed by atoms with Gasteiger partial charge in [0.1, 0.15) is 11.6 Å². The quantitative estimate of drug-likeness (QED) is 0.825. The summed E-state index contributed by atoms with van der Waals surface area (Å²) in [5.74, 6) is 1.51. The van der Waals surface area contributed by atoms with Crippen molar-refractivity contribution in [2.75, 3.05) is 12.8 Å². The van der Waals surface area contributed by atoms with Gasteiger partial charge >= 0.3 is 0 Å². The number of rotatable bonds is 3. The number of aromatic nitrogens is 2. The van der Waals surface area contributed by atoms with Crippen molar-refractivity contribution in [1.29, 1.82) is 0 Å². The summed E-state index contributed by atoms with van der Waals surface area (Å²) in [5, 5.41) is 6.95. The Balaban J connectivity index is 2.17. The Hall–Kier alpha value is -1.97. The van der Waals surface area contributed by atoms with Gasteiger partial charge in [0.2, 0.25) is 0 Å². The van der Waals surface area contributed by atoms with Gasteiger partial charge in [-0.3, -0.25) is 5.10 Å². The Labute approximate surface area is 94.4 Å². The lowest BCUT2D eigenvalue weighted by Gasteiger charge is -2.02. The summed E-state index contributed by atoms with van der Waals surface area (Å²) in [7, 11) is 1.66. The molecule has 2 aromatic rings. The van der Waals surface area contributed by atoms with E-state index in [1.165, 1.54) is 5.56 Å². The van der Waals surface area contributed by atoms with Crippen LogP contribution >= 0.6 is 0 Å². The summed E-state index contributed by atoms with van der Waals surface area (Å²) < 4.78 is 5.11. The van der Waals surface area contributed by atoms with Gasteiger partial charge in [-0.15, -0.1) is 0 Å². The van der Waals surface area contributed by atoms with E-state index in [2.05, 4.69) is 10.2 Å². The predicted molar refractivity (Wildman–Crippen MR) is 63.5 cm³/mol. The van der Waals surface area contributed by atoms with Gasteiger partial charge < -0.3 is 10.5 Å². The molecule has 0 saturated heterocycles. The van der Waals surface area contributed by atoms with Crippen LogP contribution in [-0.2, 0) is 6.42 Å². The molecule has 1 heterocycles. The van der Waals surface area contributed by atoms with E-state index in [1.54, 1.807) is 7.11 Å². The fraction of sp³-hybridized carbons (Fsp3) is 0.250. The number of H-pyrrole nitrogens is 1. The van der Waals surface area contributed by atoms with Crippen LogP contribution in [0.4, 0.5) is 5.82 Å².